The van der Waals surface area contributed by atoms with Crippen molar-refractivity contribution in [1.82, 2.24) is 20.4 Å². The number of rotatable bonds is 3. The Morgan fingerprint density at radius 1 is 1.43 bits per heavy atom. The van der Waals surface area contributed by atoms with Gasteiger partial charge in [-0.2, -0.15) is 4.98 Å². The van der Waals surface area contributed by atoms with Crippen LogP contribution in [0.25, 0.3) is 0 Å². The van der Waals surface area contributed by atoms with Gasteiger partial charge in [-0.1, -0.05) is 5.16 Å². The van der Waals surface area contributed by atoms with Gasteiger partial charge < -0.3 is 19.5 Å². The highest BCUT2D eigenvalue weighted by Gasteiger charge is 2.29. The number of carbonyl (C=O) groups excluding carboxylic acids is 1. The summed E-state index contributed by atoms with van der Waals surface area (Å²) in [6.07, 6.45) is 1.42. The van der Waals surface area contributed by atoms with Crippen LogP contribution in [-0.4, -0.2) is 46.9 Å². The van der Waals surface area contributed by atoms with Gasteiger partial charge in [-0.15, -0.1) is 0 Å². The van der Waals surface area contributed by atoms with Gasteiger partial charge in [0.05, 0.1) is 6.54 Å². The molecule has 0 atom stereocenters. The quantitative estimate of drug-likeness (QED) is 0.917. The third-order valence-electron chi connectivity index (χ3n) is 3.32. The fourth-order valence-corrected chi connectivity index (χ4v) is 2.30. The van der Waals surface area contributed by atoms with Crippen molar-refractivity contribution in [3.63, 3.8) is 0 Å². The van der Waals surface area contributed by atoms with E-state index in [0.717, 1.165) is 18.7 Å². The predicted molar refractivity (Wildman–Crippen MR) is 76.8 cm³/mol. The van der Waals surface area contributed by atoms with Crippen LogP contribution in [0.3, 0.4) is 0 Å². The Morgan fingerprint density at radius 3 is 2.67 bits per heavy atom. The van der Waals surface area contributed by atoms with Crippen molar-refractivity contribution in [2.45, 2.75) is 51.7 Å². The Labute approximate surface area is 125 Å². The molecule has 2 rings (SSSR count). The van der Waals surface area contributed by atoms with Crippen LogP contribution in [0.1, 0.15) is 51.2 Å². The van der Waals surface area contributed by atoms with Crippen LogP contribution in [0.2, 0.25) is 0 Å². The minimum Gasteiger partial charge on any atom is -0.444 e. The Morgan fingerprint density at radius 2 is 2.10 bits per heavy atom. The highest BCUT2D eigenvalue weighted by Crippen LogP contribution is 2.26. The molecule has 1 saturated heterocycles. The molecule has 0 unspecified atom stereocenters. The molecule has 1 fully saturated rings. The number of likely N-dealkylation sites (tertiary alicyclic amines) is 1. The fraction of sp³-hybridized carbons (Fsp3) is 0.786. The van der Waals surface area contributed by atoms with Gasteiger partial charge in [0.2, 0.25) is 5.89 Å². The standard InChI is InChI=1S/C14H24N4O3/c1-14(2,3)20-13(19)18-7-5-10(6-8-18)12-16-11(9-15-4)21-17-12/h10,15H,5-9H2,1-4H3. The maximum Gasteiger partial charge on any atom is 0.410 e. The number of nitrogens with one attached hydrogen (secondary N) is 1. The van der Waals surface area contributed by atoms with Gasteiger partial charge in [0.25, 0.3) is 0 Å². The van der Waals surface area contributed by atoms with Gasteiger partial charge in [-0.3, -0.25) is 0 Å². The first kappa shape index (κ1) is 15.8. The minimum absolute atomic E-state index is 0.245. The first-order valence-corrected chi connectivity index (χ1v) is 7.34. The molecule has 1 aliphatic rings. The van der Waals surface area contributed by atoms with Crippen molar-refractivity contribution in [2.24, 2.45) is 0 Å². The largest absolute Gasteiger partial charge is 0.444 e. The second-order valence-electron chi connectivity index (χ2n) is 6.32. The topological polar surface area (TPSA) is 80.5 Å². The number of ether oxygens (including phenoxy) is 1. The van der Waals surface area contributed by atoms with E-state index in [1.807, 2.05) is 27.8 Å². The first-order chi connectivity index (χ1) is 9.89. The highest BCUT2D eigenvalue weighted by atomic mass is 16.6. The molecule has 0 radical (unpaired) electrons. The van der Waals surface area contributed by atoms with E-state index in [4.69, 9.17) is 9.26 Å². The van der Waals surface area contributed by atoms with Crippen LogP contribution < -0.4 is 5.32 Å². The zero-order valence-corrected chi connectivity index (χ0v) is 13.2. The maximum absolute atomic E-state index is 12.0. The van der Waals surface area contributed by atoms with Crippen LogP contribution in [0.4, 0.5) is 4.79 Å². The fourth-order valence-electron chi connectivity index (χ4n) is 2.30. The van der Waals surface area contributed by atoms with E-state index in [1.54, 1.807) is 4.90 Å². The highest BCUT2D eigenvalue weighted by molar-refractivity contribution is 5.68. The van der Waals surface area contributed by atoms with E-state index >= 15 is 0 Å². The summed E-state index contributed by atoms with van der Waals surface area (Å²) in [5.41, 5.74) is -0.455. The molecule has 1 amide bonds. The molecule has 0 aromatic carbocycles. The van der Waals surface area contributed by atoms with Crippen molar-refractivity contribution in [3.05, 3.63) is 11.7 Å². The molecule has 7 nitrogen and oxygen atoms in total. The average Bonchev–Trinajstić information content (AvgIpc) is 2.86. The summed E-state index contributed by atoms with van der Waals surface area (Å²) in [5.74, 6) is 1.59. The van der Waals surface area contributed by atoms with Crippen molar-refractivity contribution in [3.8, 4) is 0 Å². The Hall–Kier alpha value is -1.63. The van der Waals surface area contributed by atoms with Crippen molar-refractivity contribution >= 4 is 6.09 Å². The number of amides is 1. The molecule has 2 heterocycles. The molecular formula is C14H24N4O3. The van der Waals surface area contributed by atoms with Crippen LogP contribution in [0, 0.1) is 0 Å². The zero-order valence-electron chi connectivity index (χ0n) is 13.2. The van der Waals surface area contributed by atoms with Gasteiger partial charge in [0.1, 0.15) is 5.60 Å². The molecule has 1 N–H and O–H groups in total. The lowest BCUT2D eigenvalue weighted by Crippen LogP contribution is -2.41. The number of nitrogens with zero attached hydrogens (tertiary/aromatic N) is 3. The molecule has 21 heavy (non-hydrogen) atoms. The third kappa shape index (κ3) is 4.42. The molecule has 7 heteroatoms. The van der Waals surface area contributed by atoms with E-state index in [0.29, 0.717) is 25.5 Å². The van der Waals surface area contributed by atoms with E-state index < -0.39 is 5.60 Å². The summed E-state index contributed by atoms with van der Waals surface area (Å²) in [5, 5.41) is 7.01. The zero-order chi connectivity index (χ0) is 15.5. The Balaban J connectivity index is 1.86. The summed E-state index contributed by atoms with van der Waals surface area (Å²) >= 11 is 0. The maximum atomic E-state index is 12.0. The monoisotopic (exact) mass is 296 g/mol. The van der Waals surface area contributed by atoms with E-state index in [-0.39, 0.29) is 12.0 Å². The summed E-state index contributed by atoms with van der Waals surface area (Å²) in [4.78, 5) is 18.1. The molecule has 1 aliphatic heterocycles. The lowest BCUT2D eigenvalue weighted by molar-refractivity contribution is 0.0203. The summed E-state index contributed by atoms with van der Waals surface area (Å²) in [6, 6.07) is 0. The minimum atomic E-state index is -0.455. The van der Waals surface area contributed by atoms with Crippen LogP contribution in [-0.2, 0) is 11.3 Å². The second kappa shape index (κ2) is 6.43. The average molecular weight is 296 g/mol. The number of piperidine rings is 1. The van der Waals surface area contributed by atoms with Crippen LogP contribution >= 0.6 is 0 Å². The van der Waals surface area contributed by atoms with E-state index in [2.05, 4.69) is 15.5 Å². The predicted octanol–water partition coefficient (Wildman–Crippen LogP) is 1.90. The Bertz CT molecular complexity index is 473. The lowest BCUT2D eigenvalue weighted by atomic mass is 9.96. The van der Waals surface area contributed by atoms with Gasteiger partial charge >= 0.3 is 6.09 Å². The second-order valence-corrected chi connectivity index (χ2v) is 6.32. The number of hydrogen-bond donors (Lipinski definition) is 1. The van der Waals surface area contributed by atoms with E-state index in [1.165, 1.54) is 0 Å². The summed E-state index contributed by atoms with van der Waals surface area (Å²) in [6.45, 7) is 7.52. The van der Waals surface area contributed by atoms with Gasteiger partial charge in [0.15, 0.2) is 5.82 Å². The molecule has 1 aromatic rings. The van der Waals surface area contributed by atoms with Gasteiger partial charge in [0, 0.05) is 19.0 Å². The normalized spacial score (nSPS) is 17.0. The van der Waals surface area contributed by atoms with Crippen molar-refractivity contribution in [2.75, 3.05) is 20.1 Å². The van der Waals surface area contributed by atoms with Crippen molar-refractivity contribution in [1.29, 1.82) is 0 Å². The smallest absolute Gasteiger partial charge is 0.410 e. The number of carbonyl (C=O) groups is 1. The SMILES string of the molecule is CNCc1nc(C2CCN(C(=O)OC(C)(C)C)CC2)no1. The van der Waals surface area contributed by atoms with Gasteiger partial charge in [-0.05, 0) is 40.7 Å². The first-order valence-electron chi connectivity index (χ1n) is 7.34. The molecule has 0 spiro atoms. The number of aromatic nitrogens is 2. The summed E-state index contributed by atoms with van der Waals surface area (Å²) < 4.78 is 10.6. The van der Waals surface area contributed by atoms with Gasteiger partial charge in [-0.25, -0.2) is 4.79 Å². The molecular weight excluding hydrogens is 272 g/mol. The van der Waals surface area contributed by atoms with Crippen LogP contribution in [0.15, 0.2) is 4.52 Å². The summed E-state index contributed by atoms with van der Waals surface area (Å²) in [7, 11) is 1.84. The molecule has 0 bridgehead atoms. The molecule has 0 saturated carbocycles. The van der Waals surface area contributed by atoms with Crippen molar-refractivity contribution < 1.29 is 14.1 Å². The van der Waals surface area contributed by atoms with Crippen LogP contribution in [0.5, 0.6) is 0 Å². The Kier molecular flexibility index (Phi) is 4.82. The lowest BCUT2D eigenvalue weighted by Gasteiger charge is -2.32. The third-order valence-corrected chi connectivity index (χ3v) is 3.32. The molecule has 0 aliphatic carbocycles. The van der Waals surface area contributed by atoms with E-state index in [9.17, 15) is 4.79 Å². The number of hydrogen-bond acceptors (Lipinski definition) is 6. The molecule has 118 valence electrons. The molecule has 1 aromatic heterocycles.